The molecule has 0 aromatic rings. The van der Waals surface area contributed by atoms with Gasteiger partial charge in [0, 0.05) is 13.0 Å². The summed E-state index contributed by atoms with van der Waals surface area (Å²) in [6.45, 7) is 2.50. The molecular weight excluding hydrogens is 108 g/mol. The van der Waals surface area contributed by atoms with Crippen molar-refractivity contribution in [1.82, 2.24) is 0 Å². The van der Waals surface area contributed by atoms with Crippen molar-refractivity contribution < 1.29 is 14.3 Å². The van der Waals surface area contributed by atoms with E-state index < -0.39 is 0 Å². The van der Waals surface area contributed by atoms with Gasteiger partial charge < -0.3 is 9.47 Å². The molecule has 0 aromatic heterocycles. The van der Waals surface area contributed by atoms with Gasteiger partial charge >= 0.3 is 6.47 Å². The van der Waals surface area contributed by atoms with Crippen molar-refractivity contribution in [2.24, 2.45) is 0 Å². The molecule has 0 amide bonds. The van der Waals surface area contributed by atoms with E-state index in [9.17, 15) is 4.79 Å². The highest BCUT2D eigenvalue weighted by molar-refractivity contribution is 5.38. The van der Waals surface area contributed by atoms with Crippen LogP contribution in [-0.2, 0) is 14.3 Å². The Morgan fingerprint density at radius 3 is 3.00 bits per heavy atom. The van der Waals surface area contributed by atoms with Crippen LogP contribution >= 0.6 is 0 Å². The van der Waals surface area contributed by atoms with Crippen molar-refractivity contribution in [1.29, 1.82) is 0 Å². The van der Waals surface area contributed by atoms with Crippen LogP contribution in [-0.4, -0.2) is 25.8 Å². The summed E-state index contributed by atoms with van der Waals surface area (Å²) in [5.41, 5.74) is 0. The van der Waals surface area contributed by atoms with Crippen molar-refractivity contribution in [3.05, 3.63) is 0 Å². The van der Waals surface area contributed by atoms with Gasteiger partial charge in [-0.05, 0) is 0 Å². The first-order chi connectivity index (χ1) is 3.93. The summed E-state index contributed by atoms with van der Waals surface area (Å²) in [6.07, 6.45) is 1.15. The molecule has 1 fully saturated rings. The summed E-state index contributed by atoms with van der Waals surface area (Å²) in [5.74, 6) is 0. The van der Waals surface area contributed by atoms with E-state index in [0.29, 0.717) is 6.61 Å². The standard InChI is InChI=1S/C5H7O3/c6-4-7-3-5-1-2-8-5/h5H,1-3H2. The zero-order valence-corrected chi connectivity index (χ0v) is 4.42. The van der Waals surface area contributed by atoms with Gasteiger partial charge in [-0.25, -0.2) is 4.79 Å². The van der Waals surface area contributed by atoms with Gasteiger partial charge in [-0.15, -0.1) is 0 Å². The molecule has 8 heavy (non-hydrogen) atoms. The summed E-state index contributed by atoms with van der Waals surface area (Å²) >= 11 is 0. The minimum atomic E-state index is 0.149. The topological polar surface area (TPSA) is 35.5 Å². The average Bonchev–Trinajstić information content (AvgIpc) is 1.63. The third-order valence-corrected chi connectivity index (χ3v) is 1.12. The second kappa shape index (κ2) is 2.67. The molecule has 3 nitrogen and oxygen atoms in total. The molecule has 1 aliphatic heterocycles. The molecule has 0 aromatic carbocycles. The van der Waals surface area contributed by atoms with Crippen molar-refractivity contribution in [2.45, 2.75) is 12.5 Å². The Bertz CT molecular complexity index is 77.7. The molecule has 1 heterocycles. The van der Waals surface area contributed by atoms with Gasteiger partial charge in [-0.2, -0.15) is 0 Å². The molecule has 0 bridgehead atoms. The molecule has 3 heteroatoms. The predicted molar refractivity (Wildman–Crippen MR) is 26.0 cm³/mol. The Kier molecular flexibility index (Phi) is 1.86. The van der Waals surface area contributed by atoms with Gasteiger partial charge in [0.25, 0.3) is 0 Å². The van der Waals surface area contributed by atoms with Gasteiger partial charge in [0.15, 0.2) is 0 Å². The quantitative estimate of drug-likeness (QED) is 0.513. The number of ether oxygens (including phenoxy) is 2. The third kappa shape index (κ3) is 1.20. The van der Waals surface area contributed by atoms with Gasteiger partial charge in [-0.1, -0.05) is 0 Å². The summed E-state index contributed by atoms with van der Waals surface area (Å²) < 4.78 is 9.24. The molecule has 1 aliphatic rings. The lowest BCUT2D eigenvalue weighted by Crippen LogP contribution is -2.31. The molecule has 0 N–H and O–H groups in total. The van der Waals surface area contributed by atoms with Crippen LogP contribution in [0.1, 0.15) is 6.42 Å². The predicted octanol–water partition coefficient (Wildman–Crippen LogP) is -0.141. The highest BCUT2D eigenvalue weighted by atomic mass is 16.6. The Labute approximate surface area is 47.6 Å². The maximum atomic E-state index is 9.45. The molecular formula is C5H7O3. The van der Waals surface area contributed by atoms with E-state index in [1.54, 1.807) is 0 Å². The fourth-order valence-electron chi connectivity index (χ4n) is 0.543. The number of hydrogen-bond donors (Lipinski definition) is 0. The summed E-state index contributed by atoms with van der Waals surface area (Å²) in [6, 6.07) is 0. The van der Waals surface area contributed by atoms with Crippen LogP contribution in [0.2, 0.25) is 0 Å². The summed E-state index contributed by atoms with van der Waals surface area (Å²) in [5, 5.41) is 0. The molecule has 1 radical (unpaired) electrons. The average molecular weight is 115 g/mol. The lowest BCUT2D eigenvalue weighted by molar-refractivity contribution is -0.0746. The highest BCUT2D eigenvalue weighted by Crippen LogP contribution is 2.09. The highest BCUT2D eigenvalue weighted by Gasteiger charge is 2.17. The SMILES string of the molecule is O=[C]OCC1CCO1. The van der Waals surface area contributed by atoms with Crippen LogP contribution in [0.15, 0.2) is 0 Å². The monoisotopic (exact) mass is 115 g/mol. The summed E-state index contributed by atoms with van der Waals surface area (Å²) in [7, 11) is 0. The minimum absolute atomic E-state index is 0.149. The van der Waals surface area contributed by atoms with Gasteiger partial charge in [0.2, 0.25) is 0 Å². The largest absolute Gasteiger partial charge is 0.455 e. The van der Waals surface area contributed by atoms with Crippen LogP contribution in [0.5, 0.6) is 0 Å². The Morgan fingerprint density at radius 2 is 2.62 bits per heavy atom. The maximum Gasteiger partial charge on any atom is 0.417 e. The Balaban J connectivity index is 1.93. The van der Waals surface area contributed by atoms with E-state index >= 15 is 0 Å². The fraction of sp³-hybridized carbons (Fsp3) is 0.800. The number of rotatable bonds is 3. The van der Waals surface area contributed by atoms with Crippen molar-refractivity contribution in [2.75, 3.05) is 13.2 Å². The van der Waals surface area contributed by atoms with Crippen LogP contribution in [0, 0.1) is 0 Å². The van der Waals surface area contributed by atoms with Crippen LogP contribution in [0.25, 0.3) is 0 Å². The first kappa shape index (κ1) is 5.56. The van der Waals surface area contributed by atoms with Crippen LogP contribution in [0.3, 0.4) is 0 Å². The van der Waals surface area contributed by atoms with Gasteiger partial charge in [-0.3, -0.25) is 0 Å². The first-order valence-corrected chi connectivity index (χ1v) is 2.54. The number of carbonyl (C=O) groups excluding carboxylic acids is 1. The third-order valence-electron chi connectivity index (χ3n) is 1.12. The van der Waals surface area contributed by atoms with Gasteiger partial charge in [0.05, 0.1) is 6.10 Å². The van der Waals surface area contributed by atoms with Crippen molar-refractivity contribution in [3.8, 4) is 0 Å². The fourth-order valence-corrected chi connectivity index (χ4v) is 0.543. The number of hydrogen-bond acceptors (Lipinski definition) is 3. The zero-order chi connectivity index (χ0) is 5.82. The second-order valence-corrected chi connectivity index (χ2v) is 1.68. The molecule has 45 valence electrons. The van der Waals surface area contributed by atoms with E-state index in [1.807, 2.05) is 0 Å². The molecule has 0 spiro atoms. The normalized spacial score (nSPS) is 26.2. The molecule has 1 rings (SSSR count). The minimum Gasteiger partial charge on any atom is -0.455 e. The molecule has 0 saturated carbocycles. The maximum absolute atomic E-state index is 9.45. The molecule has 0 aliphatic carbocycles. The summed E-state index contributed by atoms with van der Waals surface area (Å²) in [4.78, 5) is 9.45. The van der Waals surface area contributed by atoms with E-state index in [-0.39, 0.29) is 6.10 Å². The second-order valence-electron chi connectivity index (χ2n) is 1.68. The van der Waals surface area contributed by atoms with Crippen LogP contribution < -0.4 is 0 Å². The molecule has 1 saturated heterocycles. The Hall–Kier alpha value is -0.570. The van der Waals surface area contributed by atoms with Gasteiger partial charge in [0.1, 0.15) is 6.61 Å². The van der Waals surface area contributed by atoms with E-state index in [4.69, 9.17) is 4.74 Å². The lowest BCUT2D eigenvalue weighted by atomic mass is 10.2. The smallest absolute Gasteiger partial charge is 0.417 e. The zero-order valence-electron chi connectivity index (χ0n) is 4.42. The van der Waals surface area contributed by atoms with E-state index in [1.165, 1.54) is 6.47 Å². The Morgan fingerprint density at radius 1 is 1.88 bits per heavy atom. The molecule has 1 atom stereocenters. The van der Waals surface area contributed by atoms with Crippen molar-refractivity contribution >= 4 is 6.47 Å². The van der Waals surface area contributed by atoms with Crippen molar-refractivity contribution in [3.63, 3.8) is 0 Å². The van der Waals surface area contributed by atoms with E-state index in [2.05, 4.69) is 4.74 Å². The molecule has 1 unspecified atom stereocenters. The van der Waals surface area contributed by atoms with E-state index in [0.717, 1.165) is 13.0 Å². The van der Waals surface area contributed by atoms with Crippen LogP contribution in [0.4, 0.5) is 0 Å². The lowest BCUT2D eigenvalue weighted by Gasteiger charge is -2.24. The first-order valence-electron chi connectivity index (χ1n) is 2.54.